The molecule has 8 heteroatoms. The largest absolute Gasteiger partial charge is 0.444 e. The van der Waals surface area contributed by atoms with Gasteiger partial charge in [-0.05, 0) is 51.5 Å². The molecule has 0 atom stereocenters. The molecule has 0 bridgehead atoms. The highest BCUT2D eigenvalue weighted by molar-refractivity contribution is 9.10. The molecule has 2 N–H and O–H groups in total. The maximum absolute atomic E-state index is 13.0. The summed E-state index contributed by atoms with van der Waals surface area (Å²) >= 11 is 3.57. The monoisotopic (exact) mass is 489 g/mol. The molecule has 1 aliphatic rings. The zero-order chi connectivity index (χ0) is 22.8. The van der Waals surface area contributed by atoms with Crippen LogP contribution in [0.3, 0.4) is 0 Å². The van der Waals surface area contributed by atoms with Gasteiger partial charge in [0.25, 0.3) is 11.8 Å². The van der Waals surface area contributed by atoms with Gasteiger partial charge < -0.3 is 15.4 Å². The fourth-order valence-corrected chi connectivity index (χ4v) is 4.08. The predicted octanol–water partition coefficient (Wildman–Crippen LogP) is 4.94. The minimum Gasteiger partial charge on any atom is -0.444 e. The lowest BCUT2D eigenvalue weighted by molar-refractivity contribution is 0.0527. The van der Waals surface area contributed by atoms with Gasteiger partial charge in [0.2, 0.25) is 0 Å². The molecular formula is C23H28BrN3O4. The number of unbranched alkanes of at least 4 members (excludes halogenated alkanes) is 1. The highest BCUT2D eigenvalue weighted by Gasteiger charge is 2.33. The number of benzene rings is 2. The number of halogens is 1. The summed E-state index contributed by atoms with van der Waals surface area (Å²) in [5, 5.41) is 7.43. The Balaban J connectivity index is 1.83. The van der Waals surface area contributed by atoms with Crippen molar-refractivity contribution in [1.82, 2.24) is 10.2 Å². The molecule has 1 aliphatic heterocycles. The van der Waals surface area contributed by atoms with Gasteiger partial charge in [0.1, 0.15) is 5.60 Å². The van der Waals surface area contributed by atoms with Crippen LogP contribution in [-0.4, -0.2) is 48.0 Å². The molecule has 31 heavy (non-hydrogen) atoms. The third-order valence-corrected chi connectivity index (χ3v) is 5.57. The van der Waals surface area contributed by atoms with Crippen LogP contribution in [0.15, 0.2) is 28.7 Å². The highest BCUT2D eigenvalue weighted by atomic mass is 79.9. The summed E-state index contributed by atoms with van der Waals surface area (Å²) in [6, 6.07) is 7.19. The van der Waals surface area contributed by atoms with Gasteiger partial charge in [-0.2, -0.15) is 0 Å². The van der Waals surface area contributed by atoms with E-state index in [1.54, 1.807) is 12.1 Å². The molecule has 0 unspecified atom stereocenters. The highest BCUT2D eigenvalue weighted by Crippen LogP contribution is 2.38. The number of ether oxygens (including phenoxy) is 1. The molecule has 0 aliphatic carbocycles. The van der Waals surface area contributed by atoms with Gasteiger partial charge in [-0.15, -0.1) is 0 Å². The molecule has 0 radical (unpaired) electrons. The van der Waals surface area contributed by atoms with Crippen molar-refractivity contribution in [2.24, 2.45) is 0 Å². The van der Waals surface area contributed by atoms with E-state index in [4.69, 9.17) is 4.74 Å². The zero-order valence-electron chi connectivity index (χ0n) is 18.3. The maximum Gasteiger partial charge on any atom is 0.407 e. The summed E-state index contributed by atoms with van der Waals surface area (Å²) in [6.07, 6.45) is 1.20. The van der Waals surface area contributed by atoms with E-state index in [1.807, 2.05) is 39.8 Å². The number of hydrogen-bond donors (Lipinski definition) is 2. The van der Waals surface area contributed by atoms with E-state index < -0.39 is 11.7 Å². The number of amides is 3. The maximum atomic E-state index is 13.0. The van der Waals surface area contributed by atoms with Gasteiger partial charge in [-0.1, -0.05) is 29.3 Å². The van der Waals surface area contributed by atoms with Crippen molar-refractivity contribution in [2.45, 2.75) is 46.1 Å². The lowest BCUT2D eigenvalue weighted by atomic mass is 9.93. The molecule has 0 saturated heterocycles. The van der Waals surface area contributed by atoms with Crippen molar-refractivity contribution in [2.75, 3.05) is 25.0 Å². The first kappa shape index (κ1) is 23.1. The minimum atomic E-state index is -0.553. The van der Waals surface area contributed by atoms with Gasteiger partial charge in [0, 0.05) is 51.7 Å². The van der Waals surface area contributed by atoms with E-state index in [2.05, 4.69) is 26.6 Å². The van der Waals surface area contributed by atoms with E-state index in [-0.39, 0.29) is 11.8 Å². The molecular weight excluding hydrogens is 462 g/mol. The van der Waals surface area contributed by atoms with Gasteiger partial charge in [0.15, 0.2) is 0 Å². The van der Waals surface area contributed by atoms with Crippen molar-refractivity contribution < 1.29 is 19.1 Å². The molecule has 0 saturated carbocycles. The number of hydrogen-bond acceptors (Lipinski definition) is 5. The number of rotatable bonds is 7. The Labute approximate surface area is 190 Å². The second-order valence-electron chi connectivity index (χ2n) is 8.48. The summed E-state index contributed by atoms with van der Waals surface area (Å²) in [4.78, 5) is 39.1. The number of imide groups is 1. The average Bonchev–Trinajstić information content (AvgIpc) is 2.69. The first-order valence-electron chi connectivity index (χ1n) is 10.5. The molecule has 0 aromatic heterocycles. The average molecular weight is 490 g/mol. The topological polar surface area (TPSA) is 87.7 Å². The van der Waals surface area contributed by atoms with E-state index in [9.17, 15) is 14.4 Å². The van der Waals surface area contributed by atoms with Crippen LogP contribution in [-0.2, 0) is 4.74 Å². The summed E-state index contributed by atoms with van der Waals surface area (Å²) in [5.41, 5.74) is 1.28. The van der Waals surface area contributed by atoms with Crippen LogP contribution in [0.2, 0.25) is 0 Å². The van der Waals surface area contributed by atoms with Crippen molar-refractivity contribution >= 4 is 50.3 Å². The van der Waals surface area contributed by atoms with Crippen molar-refractivity contribution in [3.63, 3.8) is 0 Å². The number of alkyl carbamates (subject to hydrolysis) is 1. The third-order valence-electron chi connectivity index (χ3n) is 4.90. The standard InChI is InChI=1S/C23H28BrN3O4/c1-5-6-13-27-20(28)14-7-9-16(24)19-17(10-8-15(18(14)19)21(27)29)25-11-12-26-22(30)31-23(2,3)4/h7-10,25H,5-6,11-13H2,1-4H3,(H,26,30). The fraction of sp³-hybridized carbons (Fsp3) is 0.435. The fourth-order valence-electron chi connectivity index (χ4n) is 3.54. The van der Waals surface area contributed by atoms with Gasteiger partial charge in [-0.25, -0.2) is 4.79 Å². The van der Waals surface area contributed by atoms with Crippen LogP contribution in [0.1, 0.15) is 61.3 Å². The van der Waals surface area contributed by atoms with Crippen molar-refractivity contribution in [3.8, 4) is 0 Å². The number of nitrogens with zero attached hydrogens (tertiary/aromatic N) is 1. The summed E-state index contributed by atoms with van der Waals surface area (Å²) in [5.74, 6) is -0.514. The second-order valence-corrected chi connectivity index (χ2v) is 9.33. The lowest BCUT2D eigenvalue weighted by Gasteiger charge is -2.28. The van der Waals surface area contributed by atoms with Gasteiger partial charge >= 0.3 is 6.09 Å². The number of carbonyl (C=O) groups is 3. The van der Waals surface area contributed by atoms with Crippen LogP contribution in [0.25, 0.3) is 10.8 Å². The van der Waals surface area contributed by atoms with Crippen LogP contribution in [0.5, 0.6) is 0 Å². The zero-order valence-corrected chi connectivity index (χ0v) is 19.9. The molecule has 2 aromatic rings. The SMILES string of the molecule is CCCCN1C(=O)c2ccc(Br)c3c(NCCNC(=O)OC(C)(C)C)ccc(c23)C1=O. The second kappa shape index (κ2) is 9.26. The Morgan fingerprint density at radius 2 is 1.68 bits per heavy atom. The van der Waals surface area contributed by atoms with Crippen LogP contribution in [0, 0.1) is 0 Å². The molecule has 0 fully saturated rings. The normalized spacial score (nSPS) is 13.5. The first-order valence-corrected chi connectivity index (χ1v) is 11.3. The quantitative estimate of drug-likeness (QED) is 0.424. The molecule has 2 aromatic carbocycles. The Bertz CT molecular complexity index is 1010. The molecule has 3 amide bonds. The lowest BCUT2D eigenvalue weighted by Crippen LogP contribution is -2.41. The van der Waals surface area contributed by atoms with Crippen molar-refractivity contribution in [1.29, 1.82) is 0 Å². The van der Waals surface area contributed by atoms with Crippen LogP contribution in [0.4, 0.5) is 10.5 Å². The van der Waals surface area contributed by atoms with E-state index in [0.29, 0.717) is 36.1 Å². The number of anilines is 1. The molecule has 166 valence electrons. The van der Waals surface area contributed by atoms with E-state index in [1.165, 1.54) is 4.90 Å². The van der Waals surface area contributed by atoms with E-state index in [0.717, 1.165) is 28.4 Å². The Kier molecular flexibility index (Phi) is 6.89. The first-order chi connectivity index (χ1) is 14.6. The Morgan fingerprint density at radius 3 is 2.29 bits per heavy atom. The number of carbonyl (C=O) groups excluding carboxylic acids is 3. The van der Waals surface area contributed by atoms with Gasteiger partial charge in [-0.3, -0.25) is 14.5 Å². The molecule has 0 spiro atoms. The summed E-state index contributed by atoms with van der Waals surface area (Å²) in [7, 11) is 0. The van der Waals surface area contributed by atoms with E-state index >= 15 is 0 Å². The van der Waals surface area contributed by atoms with Crippen LogP contribution < -0.4 is 10.6 Å². The summed E-state index contributed by atoms with van der Waals surface area (Å²) in [6.45, 7) is 8.69. The minimum absolute atomic E-state index is 0.257. The smallest absolute Gasteiger partial charge is 0.407 e. The molecule has 7 nitrogen and oxygen atoms in total. The van der Waals surface area contributed by atoms with Gasteiger partial charge in [0.05, 0.1) is 0 Å². The van der Waals surface area contributed by atoms with Crippen LogP contribution >= 0.6 is 15.9 Å². The third kappa shape index (κ3) is 5.01. The molecule has 3 rings (SSSR count). The Morgan fingerprint density at radius 1 is 1.03 bits per heavy atom. The summed E-state index contributed by atoms with van der Waals surface area (Å²) < 4.78 is 6.02. The van der Waals surface area contributed by atoms with Crippen molar-refractivity contribution in [3.05, 3.63) is 39.9 Å². The number of nitrogens with one attached hydrogen (secondary N) is 2. The predicted molar refractivity (Wildman–Crippen MR) is 125 cm³/mol. The Hall–Kier alpha value is -2.61. The molecule has 1 heterocycles.